The van der Waals surface area contributed by atoms with Gasteiger partial charge in [0.25, 0.3) is 0 Å². The van der Waals surface area contributed by atoms with Crippen LogP contribution in [0.2, 0.25) is 0 Å². The van der Waals surface area contributed by atoms with E-state index >= 15 is 0 Å². The van der Waals surface area contributed by atoms with Gasteiger partial charge >= 0.3 is 0 Å². The molecule has 0 bridgehead atoms. The quantitative estimate of drug-likeness (QED) is 0.597. The minimum Gasteiger partial charge on any atom is -0.317 e. The van der Waals surface area contributed by atoms with Gasteiger partial charge in [0, 0.05) is 24.5 Å². The molecular formula is C13H26N4O2S2. The summed E-state index contributed by atoms with van der Waals surface area (Å²) in [6.07, 6.45) is 7.00. The SMILES string of the molecule is CCCNCCCn1cc(S(=O)(=O)NC(C)CSC)cn1. The van der Waals surface area contributed by atoms with Crippen molar-refractivity contribution in [1.82, 2.24) is 19.8 Å². The number of hydrogen-bond acceptors (Lipinski definition) is 5. The van der Waals surface area contributed by atoms with Gasteiger partial charge in [-0.15, -0.1) is 0 Å². The molecule has 0 aromatic carbocycles. The lowest BCUT2D eigenvalue weighted by molar-refractivity contribution is 0.541. The van der Waals surface area contributed by atoms with Crippen LogP contribution in [0.1, 0.15) is 26.7 Å². The fraction of sp³-hybridized carbons (Fsp3) is 0.769. The maximum atomic E-state index is 12.2. The maximum absolute atomic E-state index is 12.2. The first kappa shape index (κ1) is 18.5. The van der Waals surface area contributed by atoms with Crippen LogP contribution in [0, 0.1) is 0 Å². The zero-order valence-corrected chi connectivity index (χ0v) is 14.6. The van der Waals surface area contributed by atoms with E-state index < -0.39 is 10.0 Å². The smallest absolute Gasteiger partial charge is 0.243 e. The first-order valence-corrected chi connectivity index (χ1v) is 10.1. The van der Waals surface area contributed by atoms with Crippen molar-refractivity contribution >= 4 is 21.8 Å². The second kappa shape index (κ2) is 9.45. The van der Waals surface area contributed by atoms with Crippen molar-refractivity contribution in [3.05, 3.63) is 12.4 Å². The third-order valence-corrected chi connectivity index (χ3v) is 5.24. The Morgan fingerprint density at radius 1 is 1.43 bits per heavy atom. The summed E-state index contributed by atoms with van der Waals surface area (Å²) < 4.78 is 28.7. The molecule has 1 heterocycles. The summed E-state index contributed by atoms with van der Waals surface area (Å²) in [6.45, 7) is 6.63. The van der Waals surface area contributed by atoms with Crippen LogP contribution in [0.4, 0.5) is 0 Å². The minimum absolute atomic E-state index is 0.0911. The highest BCUT2D eigenvalue weighted by molar-refractivity contribution is 7.98. The summed E-state index contributed by atoms with van der Waals surface area (Å²) in [5.41, 5.74) is 0. The van der Waals surface area contributed by atoms with E-state index in [-0.39, 0.29) is 10.9 Å². The summed E-state index contributed by atoms with van der Waals surface area (Å²) >= 11 is 1.61. The average Bonchev–Trinajstić information content (AvgIpc) is 2.88. The lowest BCUT2D eigenvalue weighted by atomic mass is 10.4. The largest absolute Gasteiger partial charge is 0.317 e. The Kier molecular flexibility index (Phi) is 8.31. The summed E-state index contributed by atoms with van der Waals surface area (Å²) in [4.78, 5) is 0.233. The zero-order valence-electron chi connectivity index (χ0n) is 13.0. The molecule has 1 aromatic heterocycles. The lowest BCUT2D eigenvalue weighted by Crippen LogP contribution is -2.34. The summed E-state index contributed by atoms with van der Waals surface area (Å²) in [6, 6.07) is -0.0911. The van der Waals surface area contributed by atoms with Crippen LogP contribution in [-0.4, -0.2) is 49.3 Å². The molecule has 0 fully saturated rings. The Balaban J connectivity index is 2.49. The zero-order chi connectivity index (χ0) is 15.7. The molecule has 122 valence electrons. The second-order valence-electron chi connectivity index (χ2n) is 5.02. The van der Waals surface area contributed by atoms with E-state index in [1.54, 1.807) is 22.6 Å². The Hall–Kier alpha value is -0.570. The third kappa shape index (κ3) is 6.82. The van der Waals surface area contributed by atoms with Gasteiger partial charge in [-0.1, -0.05) is 6.92 Å². The van der Waals surface area contributed by atoms with Gasteiger partial charge in [0.2, 0.25) is 10.0 Å². The van der Waals surface area contributed by atoms with Crippen LogP contribution >= 0.6 is 11.8 Å². The number of aryl methyl sites for hydroxylation is 1. The van der Waals surface area contributed by atoms with Gasteiger partial charge in [0.05, 0.1) is 6.20 Å². The Morgan fingerprint density at radius 2 is 2.19 bits per heavy atom. The van der Waals surface area contributed by atoms with Gasteiger partial charge < -0.3 is 5.32 Å². The number of hydrogen-bond donors (Lipinski definition) is 2. The second-order valence-corrected chi connectivity index (χ2v) is 7.65. The number of sulfonamides is 1. The molecule has 0 saturated heterocycles. The molecule has 8 heteroatoms. The van der Waals surface area contributed by atoms with Gasteiger partial charge in [-0.2, -0.15) is 16.9 Å². The van der Waals surface area contributed by atoms with Crippen LogP contribution in [-0.2, 0) is 16.6 Å². The minimum atomic E-state index is -3.46. The van der Waals surface area contributed by atoms with Crippen LogP contribution in [0.3, 0.4) is 0 Å². The van der Waals surface area contributed by atoms with Gasteiger partial charge in [-0.25, -0.2) is 13.1 Å². The molecule has 0 aliphatic carbocycles. The highest BCUT2D eigenvalue weighted by Gasteiger charge is 2.18. The predicted octanol–water partition coefficient (Wildman–Crippen LogP) is 1.30. The molecule has 6 nitrogen and oxygen atoms in total. The Morgan fingerprint density at radius 3 is 2.86 bits per heavy atom. The molecule has 1 unspecified atom stereocenters. The van der Waals surface area contributed by atoms with E-state index in [0.717, 1.165) is 31.7 Å². The van der Waals surface area contributed by atoms with Crippen LogP contribution < -0.4 is 10.0 Å². The number of thioether (sulfide) groups is 1. The highest BCUT2D eigenvalue weighted by Crippen LogP contribution is 2.09. The Labute approximate surface area is 132 Å². The molecular weight excluding hydrogens is 308 g/mol. The standard InChI is InChI=1S/C13H26N4O2S2/c1-4-6-14-7-5-8-17-10-13(9-15-17)21(18,19)16-12(2)11-20-3/h9-10,12,14,16H,4-8,11H2,1-3H3. The van der Waals surface area contributed by atoms with Crippen molar-refractivity contribution < 1.29 is 8.42 Å². The van der Waals surface area contributed by atoms with Crippen molar-refractivity contribution in [2.75, 3.05) is 25.1 Å². The number of aromatic nitrogens is 2. The van der Waals surface area contributed by atoms with Crippen LogP contribution in [0.15, 0.2) is 17.3 Å². The fourth-order valence-electron chi connectivity index (χ4n) is 1.89. The molecule has 1 rings (SSSR count). The van der Waals surface area contributed by atoms with Crippen molar-refractivity contribution in [2.45, 2.75) is 44.2 Å². The predicted molar refractivity (Wildman–Crippen MR) is 88.2 cm³/mol. The van der Waals surface area contributed by atoms with Gasteiger partial charge in [-0.05, 0) is 39.1 Å². The molecule has 0 saturated carbocycles. The molecule has 0 amide bonds. The van der Waals surface area contributed by atoms with Crippen molar-refractivity contribution in [3.63, 3.8) is 0 Å². The van der Waals surface area contributed by atoms with Crippen molar-refractivity contribution in [3.8, 4) is 0 Å². The number of nitrogens with one attached hydrogen (secondary N) is 2. The van der Waals surface area contributed by atoms with Gasteiger partial charge in [-0.3, -0.25) is 4.68 Å². The first-order chi connectivity index (χ1) is 9.99. The number of nitrogens with zero attached hydrogens (tertiary/aromatic N) is 2. The first-order valence-electron chi connectivity index (χ1n) is 7.24. The molecule has 0 aliphatic heterocycles. The van der Waals surface area contributed by atoms with E-state index in [4.69, 9.17) is 0 Å². The van der Waals surface area contributed by atoms with E-state index in [1.165, 1.54) is 6.20 Å². The Bertz CT molecular complexity index is 502. The number of rotatable bonds is 11. The molecule has 0 spiro atoms. The molecule has 21 heavy (non-hydrogen) atoms. The normalized spacial score (nSPS) is 13.5. The summed E-state index contributed by atoms with van der Waals surface area (Å²) in [5.74, 6) is 0.746. The molecule has 2 N–H and O–H groups in total. The van der Waals surface area contributed by atoms with Crippen molar-refractivity contribution in [2.24, 2.45) is 0 Å². The summed E-state index contributed by atoms with van der Waals surface area (Å²) in [7, 11) is -3.46. The fourth-order valence-corrected chi connectivity index (χ4v) is 3.77. The van der Waals surface area contributed by atoms with Crippen LogP contribution in [0.25, 0.3) is 0 Å². The third-order valence-electron chi connectivity index (χ3n) is 2.86. The van der Waals surface area contributed by atoms with Crippen LogP contribution in [0.5, 0.6) is 0 Å². The van der Waals surface area contributed by atoms with E-state index in [0.29, 0.717) is 6.54 Å². The maximum Gasteiger partial charge on any atom is 0.243 e. The van der Waals surface area contributed by atoms with E-state index in [9.17, 15) is 8.42 Å². The lowest BCUT2D eigenvalue weighted by Gasteiger charge is -2.11. The average molecular weight is 335 g/mol. The highest BCUT2D eigenvalue weighted by atomic mass is 32.2. The van der Waals surface area contributed by atoms with E-state index in [2.05, 4.69) is 22.1 Å². The monoisotopic (exact) mass is 334 g/mol. The van der Waals surface area contributed by atoms with E-state index in [1.807, 2.05) is 13.2 Å². The van der Waals surface area contributed by atoms with Crippen molar-refractivity contribution in [1.29, 1.82) is 0 Å². The summed E-state index contributed by atoms with van der Waals surface area (Å²) in [5, 5.41) is 7.43. The molecule has 0 radical (unpaired) electrons. The molecule has 1 aromatic rings. The van der Waals surface area contributed by atoms with Gasteiger partial charge in [0.15, 0.2) is 0 Å². The topological polar surface area (TPSA) is 76.0 Å². The molecule has 1 atom stereocenters. The van der Waals surface area contributed by atoms with Gasteiger partial charge in [0.1, 0.15) is 4.90 Å². The molecule has 0 aliphatic rings.